The monoisotopic (exact) mass is 559 g/mol. The van der Waals surface area contributed by atoms with Gasteiger partial charge in [-0.3, -0.25) is 9.59 Å². The lowest BCUT2D eigenvalue weighted by atomic mass is 9.97. The topological polar surface area (TPSA) is 108 Å². The maximum atomic E-state index is 14.5. The largest absolute Gasteiger partial charge is 0.508 e. The molecule has 3 amide bonds. The Balaban J connectivity index is 2.09. The molecule has 0 saturated heterocycles. The van der Waals surface area contributed by atoms with Crippen molar-refractivity contribution in [2.24, 2.45) is 0 Å². The molecule has 8 heteroatoms. The molecule has 41 heavy (non-hydrogen) atoms. The normalized spacial score (nSPS) is 13.4. The van der Waals surface area contributed by atoms with E-state index in [2.05, 4.69) is 10.6 Å². The number of anilines is 1. The van der Waals surface area contributed by atoms with E-state index in [1.54, 1.807) is 39.0 Å². The molecule has 0 radical (unpaired) electrons. The van der Waals surface area contributed by atoms with Gasteiger partial charge < -0.3 is 25.4 Å². The first-order chi connectivity index (χ1) is 19.4. The van der Waals surface area contributed by atoms with Crippen molar-refractivity contribution in [3.8, 4) is 5.75 Å². The smallest absolute Gasteiger partial charge is 0.408 e. The van der Waals surface area contributed by atoms with Gasteiger partial charge in [0.25, 0.3) is 5.91 Å². The number of rotatable bonds is 10. The SMILES string of the molecule is CCC(C)N(C(=O)C(Cc1ccccc1)NC(=O)OC(C)(C)C)C(C(=O)Nc1ccccc1C)c1cccc(O)c1. The van der Waals surface area contributed by atoms with Gasteiger partial charge in [0.2, 0.25) is 5.91 Å². The second-order valence-corrected chi connectivity index (χ2v) is 11.2. The van der Waals surface area contributed by atoms with Gasteiger partial charge in [-0.25, -0.2) is 4.79 Å². The summed E-state index contributed by atoms with van der Waals surface area (Å²) in [6.45, 7) is 10.9. The minimum atomic E-state index is -1.09. The van der Waals surface area contributed by atoms with E-state index in [9.17, 15) is 19.5 Å². The number of nitrogens with one attached hydrogen (secondary N) is 2. The van der Waals surface area contributed by atoms with Gasteiger partial charge >= 0.3 is 6.09 Å². The number of aromatic hydroxyl groups is 1. The van der Waals surface area contributed by atoms with Gasteiger partial charge in [0, 0.05) is 18.2 Å². The molecule has 3 unspecified atom stereocenters. The molecule has 0 aliphatic rings. The summed E-state index contributed by atoms with van der Waals surface area (Å²) in [7, 11) is 0. The molecule has 3 aromatic rings. The van der Waals surface area contributed by atoms with E-state index in [-0.39, 0.29) is 12.2 Å². The number of carbonyl (C=O) groups excluding carboxylic acids is 3. The first kappa shape index (κ1) is 31.2. The van der Waals surface area contributed by atoms with Crippen molar-refractivity contribution in [3.05, 3.63) is 95.6 Å². The molecule has 3 N–H and O–H groups in total. The van der Waals surface area contributed by atoms with Gasteiger partial charge in [-0.2, -0.15) is 0 Å². The first-order valence-electron chi connectivity index (χ1n) is 13.9. The van der Waals surface area contributed by atoms with Crippen LogP contribution in [0.25, 0.3) is 0 Å². The number of phenols is 1. The van der Waals surface area contributed by atoms with Crippen molar-refractivity contribution in [3.63, 3.8) is 0 Å². The van der Waals surface area contributed by atoms with Crippen LogP contribution >= 0.6 is 0 Å². The lowest BCUT2D eigenvalue weighted by molar-refractivity contribution is -0.143. The Morgan fingerprint density at radius 3 is 2.22 bits per heavy atom. The minimum Gasteiger partial charge on any atom is -0.508 e. The molecule has 0 bridgehead atoms. The van der Waals surface area contributed by atoms with Gasteiger partial charge in [-0.15, -0.1) is 0 Å². The van der Waals surface area contributed by atoms with Crippen molar-refractivity contribution < 1.29 is 24.2 Å². The van der Waals surface area contributed by atoms with Crippen LogP contribution in [0.1, 0.15) is 63.8 Å². The summed E-state index contributed by atoms with van der Waals surface area (Å²) in [5.41, 5.74) is 2.00. The Bertz CT molecular complexity index is 1340. The molecule has 0 heterocycles. The van der Waals surface area contributed by atoms with Crippen LogP contribution in [-0.4, -0.2) is 45.6 Å². The van der Waals surface area contributed by atoms with Crippen LogP contribution in [0.4, 0.5) is 10.5 Å². The maximum Gasteiger partial charge on any atom is 0.408 e. The predicted octanol–water partition coefficient (Wildman–Crippen LogP) is 6.14. The number of phenolic OH excluding ortho intramolecular Hbond substituents is 1. The Hall–Kier alpha value is -4.33. The van der Waals surface area contributed by atoms with Crippen LogP contribution in [0.2, 0.25) is 0 Å². The summed E-state index contributed by atoms with van der Waals surface area (Å²) in [6, 6.07) is 20.6. The fraction of sp³-hybridized carbons (Fsp3) is 0.364. The lowest BCUT2D eigenvalue weighted by Crippen LogP contribution is -2.55. The predicted molar refractivity (Wildman–Crippen MR) is 161 cm³/mol. The number of nitrogens with zero attached hydrogens (tertiary/aromatic N) is 1. The first-order valence-corrected chi connectivity index (χ1v) is 13.9. The highest BCUT2D eigenvalue weighted by molar-refractivity contribution is 5.99. The third kappa shape index (κ3) is 8.83. The molecule has 0 spiro atoms. The molecular weight excluding hydrogens is 518 g/mol. The third-order valence-electron chi connectivity index (χ3n) is 6.71. The van der Waals surface area contributed by atoms with Crippen LogP contribution in [0, 0.1) is 6.92 Å². The molecule has 218 valence electrons. The van der Waals surface area contributed by atoms with Gasteiger partial charge in [-0.05, 0) is 75.9 Å². The Morgan fingerprint density at radius 1 is 0.951 bits per heavy atom. The molecule has 0 aliphatic heterocycles. The van der Waals surface area contributed by atoms with Crippen molar-refractivity contribution >= 4 is 23.6 Å². The summed E-state index contributed by atoms with van der Waals surface area (Å²) in [6.07, 6.45) is 0.00968. The second kappa shape index (κ2) is 13.8. The number of hydrogen-bond donors (Lipinski definition) is 3. The van der Waals surface area contributed by atoms with E-state index >= 15 is 0 Å². The zero-order valence-corrected chi connectivity index (χ0v) is 24.7. The molecule has 3 atom stereocenters. The summed E-state index contributed by atoms with van der Waals surface area (Å²) >= 11 is 0. The average Bonchev–Trinajstić information content (AvgIpc) is 2.91. The number of para-hydroxylation sites is 1. The number of ether oxygens (including phenoxy) is 1. The van der Waals surface area contributed by atoms with Crippen molar-refractivity contribution in [2.75, 3.05) is 5.32 Å². The summed E-state index contributed by atoms with van der Waals surface area (Å²) in [4.78, 5) is 42.9. The van der Waals surface area contributed by atoms with E-state index < -0.39 is 41.6 Å². The minimum absolute atomic E-state index is 0.0274. The average molecular weight is 560 g/mol. The molecular formula is C33H41N3O5. The highest BCUT2D eigenvalue weighted by Crippen LogP contribution is 2.30. The van der Waals surface area contributed by atoms with E-state index in [0.29, 0.717) is 17.7 Å². The fourth-order valence-corrected chi connectivity index (χ4v) is 4.52. The molecule has 0 aromatic heterocycles. The number of benzene rings is 3. The number of carbonyl (C=O) groups is 3. The third-order valence-corrected chi connectivity index (χ3v) is 6.71. The highest BCUT2D eigenvalue weighted by atomic mass is 16.6. The van der Waals surface area contributed by atoms with Crippen LogP contribution in [0.15, 0.2) is 78.9 Å². The molecule has 0 fully saturated rings. The van der Waals surface area contributed by atoms with Crippen LogP contribution in [0.3, 0.4) is 0 Å². The Morgan fingerprint density at radius 2 is 1.61 bits per heavy atom. The Labute approximate surface area is 242 Å². The highest BCUT2D eigenvalue weighted by Gasteiger charge is 2.39. The van der Waals surface area contributed by atoms with Crippen molar-refractivity contribution in [2.45, 2.75) is 78.1 Å². The zero-order valence-electron chi connectivity index (χ0n) is 24.7. The van der Waals surface area contributed by atoms with E-state index in [4.69, 9.17) is 4.74 Å². The van der Waals surface area contributed by atoms with Crippen LogP contribution in [0.5, 0.6) is 5.75 Å². The van der Waals surface area contributed by atoms with Crippen LogP contribution in [-0.2, 0) is 20.7 Å². The number of aryl methyl sites for hydroxylation is 1. The standard InChI is InChI=1S/C33H41N3O5/c1-7-23(3)36(31(39)28(20-24-15-9-8-10-16-24)35-32(40)41-33(4,5)6)29(25-17-13-18-26(37)21-25)30(38)34-27-19-12-11-14-22(27)2/h8-19,21,23,28-29,37H,7,20H2,1-6H3,(H,34,38)(H,35,40). The summed E-state index contributed by atoms with van der Waals surface area (Å²) in [5, 5.41) is 16.1. The molecule has 8 nitrogen and oxygen atoms in total. The quantitative estimate of drug-likeness (QED) is 0.276. The van der Waals surface area contributed by atoms with Gasteiger partial charge in [0.15, 0.2) is 0 Å². The molecule has 0 saturated carbocycles. The second-order valence-electron chi connectivity index (χ2n) is 11.2. The van der Waals surface area contributed by atoms with Crippen molar-refractivity contribution in [1.82, 2.24) is 10.2 Å². The van der Waals surface area contributed by atoms with E-state index in [1.807, 2.05) is 69.3 Å². The molecule has 3 aromatic carbocycles. The van der Waals surface area contributed by atoms with E-state index in [1.165, 1.54) is 17.0 Å². The number of alkyl carbamates (subject to hydrolysis) is 1. The molecule has 3 rings (SSSR count). The Kier molecular flexibility index (Phi) is 10.5. The van der Waals surface area contributed by atoms with E-state index in [0.717, 1.165) is 11.1 Å². The number of hydrogen-bond acceptors (Lipinski definition) is 5. The summed E-state index contributed by atoms with van der Waals surface area (Å²) in [5.74, 6) is -0.905. The lowest BCUT2D eigenvalue weighted by Gasteiger charge is -2.38. The fourth-order valence-electron chi connectivity index (χ4n) is 4.52. The van der Waals surface area contributed by atoms with Crippen molar-refractivity contribution in [1.29, 1.82) is 0 Å². The van der Waals surface area contributed by atoms with Crippen LogP contribution < -0.4 is 10.6 Å². The summed E-state index contributed by atoms with van der Waals surface area (Å²) < 4.78 is 5.49. The van der Waals surface area contributed by atoms with Gasteiger partial charge in [0.1, 0.15) is 23.4 Å². The number of amides is 3. The zero-order chi connectivity index (χ0) is 30.2. The van der Waals surface area contributed by atoms with Gasteiger partial charge in [-0.1, -0.05) is 67.6 Å². The maximum absolute atomic E-state index is 14.5. The van der Waals surface area contributed by atoms with Gasteiger partial charge in [0.05, 0.1) is 0 Å². The molecule has 0 aliphatic carbocycles.